The standard InChI is InChI=1S/C14H19F2N3O/c1-18(9-11-6-12(15)8-13(16)7-11)10-14(20)19-4-2-17-3-5-19/h6-8,17H,2-5,9-10H2,1H3. The van der Waals surface area contributed by atoms with E-state index in [0.29, 0.717) is 25.2 Å². The fourth-order valence-corrected chi connectivity index (χ4v) is 2.31. The van der Waals surface area contributed by atoms with Crippen molar-refractivity contribution in [1.29, 1.82) is 0 Å². The van der Waals surface area contributed by atoms with E-state index in [1.165, 1.54) is 12.1 Å². The molecule has 1 aliphatic rings. The number of rotatable bonds is 4. The van der Waals surface area contributed by atoms with E-state index in [9.17, 15) is 13.6 Å². The second-order valence-electron chi connectivity index (χ2n) is 5.08. The van der Waals surface area contributed by atoms with Gasteiger partial charge in [-0.25, -0.2) is 8.78 Å². The summed E-state index contributed by atoms with van der Waals surface area (Å²) in [5, 5.41) is 3.18. The molecule has 0 aromatic heterocycles. The largest absolute Gasteiger partial charge is 0.339 e. The zero-order valence-electron chi connectivity index (χ0n) is 11.5. The summed E-state index contributed by atoms with van der Waals surface area (Å²) in [4.78, 5) is 15.6. The summed E-state index contributed by atoms with van der Waals surface area (Å²) < 4.78 is 26.2. The van der Waals surface area contributed by atoms with E-state index < -0.39 is 11.6 Å². The minimum Gasteiger partial charge on any atom is -0.339 e. The molecule has 1 fully saturated rings. The molecule has 1 amide bonds. The maximum absolute atomic E-state index is 13.1. The Hall–Kier alpha value is -1.53. The molecule has 1 N–H and O–H groups in total. The Labute approximate surface area is 117 Å². The molecule has 1 aromatic carbocycles. The molecule has 20 heavy (non-hydrogen) atoms. The topological polar surface area (TPSA) is 35.6 Å². The SMILES string of the molecule is CN(CC(=O)N1CCNCC1)Cc1cc(F)cc(F)c1. The van der Waals surface area contributed by atoms with Crippen LogP contribution in [0.4, 0.5) is 8.78 Å². The quantitative estimate of drug-likeness (QED) is 0.889. The third-order valence-electron chi connectivity index (χ3n) is 3.25. The normalized spacial score (nSPS) is 15.7. The van der Waals surface area contributed by atoms with Crippen LogP contribution < -0.4 is 5.32 Å². The lowest BCUT2D eigenvalue weighted by molar-refractivity contribution is -0.132. The average molecular weight is 283 g/mol. The number of likely N-dealkylation sites (N-methyl/N-ethyl adjacent to an activating group) is 1. The monoisotopic (exact) mass is 283 g/mol. The molecule has 0 unspecified atom stereocenters. The van der Waals surface area contributed by atoms with Gasteiger partial charge in [-0.15, -0.1) is 0 Å². The maximum atomic E-state index is 13.1. The van der Waals surface area contributed by atoms with Crippen molar-refractivity contribution in [2.45, 2.75) is 6.54 Å². The lowest BCUT2D eigenvalue weighted by Gasteiger charge is -2.29. The van der Waals surface area contributed by atoms with Crippen molar-refractivity contribution in [3.05, 3.63) is 35.4 Å². The molecule has 4 nitrogen and oxygen atoms in total. The van der Waals surface area contributed by atoms with Crippen LogP contribution in [0.5, 0.6) is 0 Å². The van der Waals surface area contributed by atoms with Gasteiger partial charge in [0.2, 0.25) is 5.91 Å². The Bertz CT molecular complexity index is 455. The Kier molecular flexibility index (Phi) is 5.03. The van der Waals surface area contributed by atoms with Gasteiger partial charge in [0.15, 0.2) is 0 Å². The number of amides is 1. The first-order chi connectivity index (χ1) is 9.54. The van der Waals surface area contributed by atoms with E-state index in [0.717, 1.165) is 19.2 Å². The first-order valence-corrected chi connectivity index (χ1v) is 6.66. The lowest BCUT2D eigenvalue weighted by Crippen LogP contribution is -2.49. The highest BCUT2D eigenvalue weighted by Crippen LogP contribution is 2.10. The van der Waals surface area contributed by atoms with Crippen LogP contribution in [0.2, 0.25) is 0 Å². The molecule has 0 radical (unpaired) electrons. The van der Waals surface area contributed by atoms with Crippen LogP contribution in [0.3, 0.4) is 0 Å². The zero-order chi connectivity index (χ0) is 14.5. The first-order valence-electron chi connectivity index (χ1n) is 6.66. The number of carbonyl (C=O) groups is 1. The van der Waals surface area contributed by atoms with E-state index in [1.54, 1.807) is 16.8 Å². The molecule has 0 aliphatic carbocycles. The number of hydrogen-bond acceptors (Lipinski definition) is 3. The fourth-order valence-electron chi connectivity index (χ4n) is 2.31. The van der Waals surface area contributed by atoms with Crippen LogP contribution in [0.25, 0.3) is 0 Å². The number of benzene rings is 1. The Morgan fingerprint density at radius 1 is 1.25 bits per heavy atom. The molecular weight excluding hydrogens is 264 g/mol. The highest BCUT2D eigenvalue weighted by molar-refractivity contribution is 5.78. The van der Waals surface area contributed by atoms with E-state index in [1.807, 2.05) is 0 Å². The minimum atomic E-state index is -0.596. The van der Waals surface area contributed by atoms with Crippen molar-refractivity contribution in [3.8, 4) is 0 Å². The summed E-state index contributed by atoms with van der Waals surface area (Å²) in [5.41, 5.74) is 0.526. The zero-order valence-corrected chi connectivity index (χ0v) is 11.5. The second kappa shape index (κ2) is 6.76. The summed E-state index contributed by atoms with van der Waals surface area (Å²) in [7, 11) is 1.77. The molecule has 0 saturated carbocycles. The molecule has 1 aliphatic heterocycles. The highest BCUT2D eigenvalue weighted by Gasteiger charge is 2.17. The van der Waals surface area contributed by atoms with E-state index in [4.69, 9.17) is 0 Å². The molecule has 6 heteroatoms. The van der Waals surface area contributed by atoms with Gasteiger partial charge in [0, 0.05) is 38.8 Å². The van der Waals surface area contributed by atoms with Crippen molar-refractivity contribution >= 4 is 5.91 Å². The van der Waals surface area contributed by atoms with Crippen LogP contribution in [0.1, 0.15) is 5.56 Å². The predicted molar refractivity (Wildman–Crippen MR) is 72.1 cm³/mol. The van der Waals surface area contributed by atoms with Gasteiger partial charge in [0.25, 0.3) is 0 Å². The van der Waals surface area contributed by atoms with Gasteiger partial charge in [0.05, 0.1) is 6.54 Å². The third kappa shape index (κ3) is 4.25. The van der Waals surface area contributed by atoms with Crippen molar-refractivity contribution in [2.24, 2.45) is 0 Å². The van der Waals surface area contributed by atoms with E-state index in [-0.39, 0.29) is 12.5 Å². The van der Waals surface area contributed by atoms with Crippen molar-refractivity contribution in [3.63, 3.8) is 0 Å². The molecule has 0 atom stereocenters. The highest BCUT2D eigenvalue weighted by atomic mass is 19.1. The van der Waals surface area contributed by atoms with Gasteiger partial charge in [-0.2, -0.15) is 0 Å². The van der Waals surface area contributed by atoms with Crippen molar-refractivity contribution in [2.75, 3.05) is 39.8 Å². The number of hydrogen-bond donors (Lipinski definition) is 1. The van der Waals surface area contributed by atoms with Crippen LogP contribution in [-0.2, 0) is 11.3 Å². The van der Waals surface area contributed by atoms with Gasteiger partial charge in [0.1, 0.15) is 11.6 Å². The summed E-state index contributed by atoms with van der Waals surface area (Å²) >= 11 is 0. The van der Waals surface area contributed by atoms with Gasteiger partial charge >= 0.3 is 0 Å². The summed E-state index contributed by atoms with van der Waals surface area (Å²) in [6.07, 6.45) is 0. The summed E-state index contributed by atoms with van der Waals surface area (Å²) in [6, 6.07) is 3.42. The summed E-state index contributed by atoms with van der Waals surface area (Å²) in [6.45, 7) is 3.63. The summed E-state index contributed by atoms with van der Waals surface area (Å²) in [5.74, 6) is -1.14. The smallest absolute Gasteiger partial charge is 0.236 e. The number of carbonyl (C=O) groups excluding carboxylic acids is 1. The Morgan fingerprint density at radius 3 is 2.45 bits per heavy atom. The number of halogens is 2. The van der Waals surface area contributed by atoms with Gasteiger partial charge in [-0.3, -0.25) is 9.69 Å². The number of nitrogens with zero attached hydrogens (tertiary/aromatic N) is 2. The molecular formula is C14H19F2N3O. The lowest BCUT2D eigenvalue weighted by atomic mass is 10.2. The van der Waals surface area contributed by atoms with Crippen LogP contribution in [-0.4, -0.2) is 55.5 Å². The molecule has 110 valence electrons. The third-order valence-corrected chi connectivity index (χ3v) is 3.25. The number of nitrogens with one attached hydrogen (secondary N) is 1. The van der Waals surface area contributed by atoms with Gasteiger partial charge < -0.3 is 10.2 Å². The molecule has 1 aromatic rings. The Morgan fingerprint density at radius 2 is 1.85 bits per heavy atom. The van der Waals surface area contributed by atoms with Gasteiger partial charge in [-0.05, 0) is 24.7 Å². The van der Waals surface area contributed by atoms with E-state index >= 15 is 0 Å². The number of piperazine rings is 1. The van der Waals surface area contributed by atoms with E-state index in [2.05, 4.69) is 5.32 Å². The maximum Gasteiger partial charge on any atom is 0.236 e. The van der Waals surface area contributed by atoms with Crippen molar-refractivity contribution < 1.29 is 13.6 Å². The molecule has 1 saturated heterocycles. The second-order valence-corrected chi connectivity index (χ2v) is 5.08. The van der Waals surface area contributed by atoms with Crippen LogP contribution >= 0.6 is 0 Å². The van der Waals surface area contributed by atoms with Gasteiger partial charge in [-0.1, -0.05) is 0 Å². The molecule has 2 rings (SSSR count). The van der Waals surface area contributed by atoms with Crippen molar-refractivity contribution in [1.82, 2.24) is 15.1 Å². The molecule has 0 bridgehead atoms. The molecule has 1 heterocycles. The Balaban J connectivity index is 1.88. The minimum absolute atomic E-state index is 0.0471. The van der Waals surface area contributed by atoms with Crippen LogP contribution in [0, 0.1) is 11.6 Å². The average Bonchev–Trinajstić information content (AvgIpc) is 2.38. The van der Waals surface area contributed by atoms with Crippen LogP contribution in [0.15, 0.2) is 18.2 Å². The first kappa shape index (κ1) is 14.9. The predicted octanol–water partition coefficient (Wildman–Crippen LogP) is 0.828. The fraction of sp³-hybridized carbons (Fsp3) is 0.500. The molecule has 0 spiro atoms.